The van der Waals surface area contributed by atoms with Gasteiger partial charge in [-0.2, -0.15) is 0 Å². The fourth-order valence-electron chi connectivity index (χ4n) is 4.27. The summed E-state index contributed by atoms with van der Waals surface area (Å²) in [5.41, 5.74) is -0.0698. The molecule has 0 saturated carbocycles. The monoisotopic (exact) mass is 680 g/mol. The van der Waals surface area contributed by atoms with Crippen molar-refractivity contribution in [2.45, 2.75) is 73.0 Å². The van der Waals surface area contributed by atoms with E-state index in [1.165, 1.54) is 23.9 Å². The average Bonchev–Trinajstić information content (AvgIpc) is 3.66. The van der Waals surface area contributed by atoms with Gasteiger partial charge in [0.05, 0.1) is 28.1 Å². The second kappa shape index (κ2) is 14.4. The predicted molar refractivity (Wildman–Crippen MR) is 168 cm³/mol. The molecule has 0 aromatic heterocycles. The van der Waals surface area contributed by atoms with Crippen molar-refractivity contribution in [3.63, 3.8) is 0 Å². The molecule has 44 heavy (non-hydrogen) atoms. The molecular weight excluding hydrogens is 649 g/mol. The highest BCUT2D eigenvalue weighted by Crippen LogP contribution is 2.68. The molecule has 0 aliphatic carbocycles. The maximum absolute atomic E-state index is 13.4. The number of thioether (sulfide) groups is 4. The van der Waals surface area contributed by atoms with E-state index in [4.69, 9.17) is 9.47 Å². The molecule has 15 heteroatoms. The number of phenolic OH excluding ortho intramolecular Hbond substituents is 2. The number of benzene rings is 1. The number of hydrogen-bond donors (Lipinski definition) is 2. The molecule has 1 fully saturated rings. The number of carbonyl (C=O) groups is 5. The van der Waals surface area contributed by atoms with Crippen LogP contribution in [0.5, 0.6) is 11.5 Å². The molecule has 11 nitrogen and oxygen atoms in total. The number of rotatable bonds is 12. The van der Waals surface area contributed by atoms with Gasteiger partial charge in [-0.1, -0.05) is 80.3 Å². The number of phenols is 2. The van der Waals surface area contributed by atoms with Crippen LogP contribution >= 0.6 is 47.0 Å². The number of carbonyl (C=O) groups excluding carboxylic acids is 5. The SMILES string of the molecule is C=C(C)C(=O)OCCOC(=O)C(C(C)=O)=C1Sc2c(O)c3c(c(O)c2S1)SC(=C1C(=O)N(CCCC)N(CCCC)C1=O)S3. The Hall–Kier alpha value is -3.01. The van der Waals surface area contributed by atoms with E-state index in [9.17, 15) is 34.2 Å². The summed E-state index contributed by atoms with van der Waals surface area (Å²) in [6, 6.07) is 0. The first-order valence-electron chi connectivity index (χ1n) is 13.9. The Morgan fingerprint density at radius 2 is 1.18 bits per heavy atom. The Balaban J connectivity index is 1.59. The number of hydrazine groups is 1. The van der Waals surface area contributed by atoms with Crippen molar-refractivity contribution in [3.8, 4) is 11.5 Å². The first-order chi connectivity index (χ1) is 20.9. The van der Waals surface area contributed by atoms with Crippen LogP contribution in [-0.4, -0.2) is 76.1 Å². The van der Waals surface area contributed by atoms with Crippen molar-refractivity contribution < 1.29 is 43.7 Å². The highest BCUT2D eigenvalue weighted by Gasteiger charge is 2.45. The Morgan fingerprint density at radius 1 is 0.750 bits per heavy atom. The highest BCUT2D eigenvalue weighted by atomic mass is 32.2. The van der Waals surface area contributed by atoms with E-state index in [0.717, 1.165) is 72.7 Å². The summed E-state index contributed by atoms with van der Waals surface area (Å²) in [6.45, 7) is 10.5. The quantitative estimate of drug-likeness (QED) is 0.0729. The second-order valence-corrected chi connectivity index (χ2v) is 14.5. The van der Waals surface area contributed by atoms with Gasteiger partial charge in [-0.25, -0.2) is 19.6 Å². The van der Waals surface area contributed by atoms with Gasteiger partial charge in [0.1, 0.15) is 35.9 Å². The van der Waals surface area contributed by atoms with E-state index in [0.29, 0.717) is 17.3 Å². The van der Waals surface area contributed by atoms with E-state index in [-0.39, 0.29) is 65.3 Å². The number of Topliss-reactive ketones (excluding diaryl/α,β-unsaturated/α-hetero) is 1. The lowest BCUT2D eigenvalue weighted by atomic mass is 10.2. The van der Waals surface area contributed by atoms with Crippen LogP contribution < -0.4 is 0 Å². The summed E-state index contributed by atoms with van der Waals surface area (Å²) in [5.74, 6) is -3.35. The van der Waals surface area contributed by atoms with Gasteiger partial charge in [0, 0.05) is 18.7 Å². The number of ketones is 1. The van der Waals surface area contributed by atoms with E-state index >= 15 is 0 Å². The third-order valence-electron chi connectivity index (χ3n) is 6.55. The lowest BCUT2D eigenvalue weighted by Crippen LogP contribution is -2.42. The van der Waals surface area contributed by atoms with E-state index in [1.807, 2.05) is 13.8 Å². The molecule has 0 atom stereocenters. The number of ether oxygens (including phenoxy) is 2. The minimum absolute atomic E-state index is 0.0128. The van der Waals surface area contributed by atoms with Crippen molar-refractivity contribution in [1.82, 2.24) is 10.0 Å². The van der Waals surface area contributed by atoms with E-state index in [2.05, 4.69) is 6.58 Å². The molecule has 0 bridgehead atoms. The Morgan fingerprint density at radius 3 is 1.59 bits per heavy atom. The Labute approximate surface area is 271 Å². The molecule has 2 N–H and O–H groups in total. The van der Waals surface area contributed by atoms with Gasteiger partial charge in [0.2, 0.25) is 0 Å². The van der Waals surface area contributed by atoms with Crippen molar-refractivity contribution in [3.05, 3.63) is 31.8 Å². The summed E-state index contributed by atoms with van der Waals surface area (Å²) in [4.78, 5) is 64.7. The van der Waals surface area contributed by atoms with Gasteiger partial charge < -0.3 is 19.7 Å². The molecule has 4 rings (SSSR count). The smallest absolute Gasteiger partial charge is 0.343 e. The Kier molecular flexibility index (Phi) is 11.1. The van der Waals surface area contributed by atoms with E-state index in [1.54, 1.807) is 0 Å². The lowest BCUT2D eigenvalue weighted by Gasteiger charge is -2.27. The summed E-state index contributed by atoms with van der Waals surface area (Å²) < 4.78 is 10.6. The number of esters is 2. The maximum atomic E-state index is 13.4. The van der Waals surface area contributed by atoms with Crippen LogP contribution in [0.25, 0.3) is 0 Å². The number of nitrogens with zero attached hydrogens (tertiary/aromatic N) is 2. The third-order valence-corrected chi connectivity index (χ3v) is 11.8. The van der Waals surface area contributed by atoms with Crippen LogP contribution in [0.2, 0.25) is 0 Å². The van der Waals surface area contributed by atoms with Gasteiger partial charge in [-0.3, -0.25) is 14.4 Å². The number of unbranched alkanes of at least 4 members (excludes halogenated alkanes) is 2. The predicted octanol–water partition coefficient (Wildman–Crippen LogP) is 5.35. The third kappa shape index (κ3) is 6.65. The zero-order chi connectivity index (χ0) is 32.3. The molecule has 1 aromatic carbocycles. The standard InChI is InChI=1S/C29H32N2O9S4/c1-6-8-10-30-24(35)17(25(36)31(30)11-9-7-2)29-43-22-18(33)20-21(19(34)23(22)44-29)42-28(41-20)16(15(5)32)27(38)40-13-12-39-26(37)14(3)4/h33-34H,3,6-13H2,1-2,4-5H3. The largest absolute Gasteiger partial charge is 0.505 e. The van der Waals surface area contributed by atoms with Crippen LogP contribution in [0.4, 0.5) is 0 Å². The zero-order valence-electron chi connectivity index (χ0n) is 24.6. The van der Waals surface area contributed by atoms with Gasteiger partial charge in [-0.15, -0.1) is 0 Å². The number of amides is 2. The van der Waals surface area contributed by atoms with Gasteiger partial charge in [0.25, 0.3) is 11.8 Å². The first-order valence-corrected chi connectivity index (χ1v) is 17.1. The Bertz CT molecular complexity index is 1450. The molecule has 1 aromatic rings. The minimum Gasteiger partial charge on any atom is -0.505 e. The molecule has 3 aliphatic rings. The summed E-state index contributed by atoms with van der Waals surface area (Å²) >= 11 is 3.93. The van der Waals surface area contributed by atoms with Crippen LogP contribution in [0, 0.1) is 0 Å². The fraction of sp³-hybridized carbons (Fsp3) is 0.414. The molecule has 2 amide bonds. The average molecular weight is 681 g/mol. The van der Waals surface area contributed by atoms with Crippen LogP contribution in [0.3, 0.4) is 0 Å². The highest BCUT2D eigenvalue weighted by molar-refractivity contribution is 8.26. The van der Waals surface area contributed by atoms with E-state index < -0.39 is 29.5 Å². The lowest BCUT2D eigenvalue weighted by molar-refractivity contribution is -0.148. The van der Waals surface area contributed by atoms with Crippen LogP contribution in [0.15, 0.2) is 51.4 Å². The first kappa shape index (κ1) is 33.9. The molecule has 1 saturated heterocycles. The van der Waals surface area contributed by atoms with Gasteiger partial charge >= 0.3 is 11.9 Å². The molecule has 3 heterocycles. The van der Waals surface area contributed by atoms with Crippen molar-refractivity contribution in [2.24, 2.45) is 0 Å². The normalized spacial score (nSPS) is 15.6. The molecular formula is C29H32N2O9S4. The van der Waals surface area contributed by atoms with Crippen LogP contribution in [-0.2, 0) is 33.4 Å². The fourth-order valence-corrected chi connectivity index (χ4v) is 9.74. The summed E-state index contributed by atoms with van der Waals surface area (Å²) in [7, 11) is 0. The minimum atomic E-state index is -0.938. The maximum Gasteiger partial charge on any atom is 0.343 e. The number of aromatic hydroxyl groups is 2. The molecule has 0 radical (unpaired) electrons. The van der Waals surface area contributed by atoms with Crippen LogP contribution in [0.1, 0.15) is 53.4 Å². The van der Waals surface area contributed by atoms with Crippen molar-refractivity contribution >= 4 is 76.6 Å². The summed E-state index contributed by atoms with van der Waals surface area (Å²) in [6.07, 6.45) is 3.18. The number of hydrogen-bond acceptors (Lipinski definition) is 13. The topological polar surface area (TPSA) is 151 Å². The van der Waals surface area contributed by atoms with Crippen molar-refractivity contribution in [1.29, 1.82) is 0 Å². The van der Waals surface area contributed by atoms with Gasteiger partial charge in [0.15, 0.2) is 5.78 Å². The molecule has 0 unspecified atom stereocenters. The zero-order valence-corrected chi connectivity index (χ0v) is 27.9. The number of fused-ring (bicyclic) bond motifs is 2. The van der Waals surface area contributed by atoms with Crippen molar-refractivity contribution in [2.75, 3.05) is 26.3 Å². The molecule has 236 valence electrons. The molecule has 0 spiro atoms. The summed E-state index contributed by atoms with van der Waals surface area (Å²) in [5, 5.41) is 25.5. The van der Waals surface area contributed by atoms with Gasteiger partial charge in [-0.05, 0) is 26.7 Å². The molecule has 3 aliphatic heterocycles. The second-order valence-electron chi connectivity index (χ2n) is 9.92.